The molecular weight excluding hydrogens is 482 g/mol. The molecule has 12 heteroatoms. The molecular formula is C20H23Cl2FN4O4S. The van der Waals surface area contributed by atoms with E-state index in [1.807, 2.05) is 0 Å². The number of aromatic nitrogens is 2. The average molecular weight is 505 g/mol. The van der Waals surface area contributed by atoms with Crippen LogP contribution in [0.2, 0.25) is 5.02 Å². The van der Waals surface area contributed by atoms with Crippen LogP contribution in [0.15, 0.2) is 36.7 Å². The van der Waals surface area contributed by atoms with Gasteiger partial charge in [-0.15, -0.1) is 12.4 Å². The van der Waals surface area contributed by atoms with Gasteiger partial charge in [-0.05, 0) is 30.7 Å². The maximum Gasteiger partial charge on any atom is 0.210 e. The number of halogens is 3. The first-order chi connectivity index (χ1) is 14.7. The number of hydrogen-bond donors (Lipinski definition) is 1. The number of fused-ring (bicyclic) bond motifs is 1. The lowest BCUT2D eigenvalue weighted by Crippen LogP contribution is -2.27. The third kappa shape index (κ3) is 6.32. The van der Waals surface area contributed by atoms with E-state index >= 15 is 0 Å². The van der Waals surface area contributed by atoms with Crippen molar-refractivity contribution in [2.24, 2.45) is 0 Å². The van der Waals surface area contributed by atoms with E-state index in [0.29, 0.717) is 46.2 Å². The first-order valence-electron chi connectivity index (χ1n) is 9.28. The zero-order chi connectivity index (χ0) is 22.6. The molecule has 1 N–H and O–H groups in total. The summed E-state index contributed by atoms with van der Waals surface area (Å²) in [6.45, 7) is 0.617. The van der Waals surface area contributed by atoms with Gasteiger partial charge in [0.25, 0.3) is 0 Å². The van der Waals surface area contributed by atoms with E-state index < -0.39 is 15.8 Å². The van der Waals surface area contributed by atoms with E-state index in [1.54, 1.807) is 18.2 Å². The molecule has 32 heavy (non-hydrogen) atoms. The highest BCUT2D eigenvalue weighted by Gasteiger charge is 2.14. The largest absolute Gasteiger partial charge is 0.493 e. The van der Waals surface area contributed by atoms with Crippen molar-refractivity contribution in [1.82, 2.24) is 14.3 Å². The second-order valence-corrected chi connectivity index (χ2v) is 9.30. The highest BCUT2D eigenvalue weighted by atomic mass is 35.5. The average Bonchev–Trinajstić information content (AvgIpc) is 2.71. The maximum absolute atomic E-state index is 14.2. The quantitative estimate of drug-likeness (QED) is 0.435. The molecule has 0 unspecified atom stereocenters. The Bertz CT molecular complexity index is 1200. The van der Waals surface area contributed by atoms with Crippen molar-refractivity contribution in [3.05, 3.63) is 47.5 Å². The van der Waals surface area contributed by atoms with Gasteiger partial charge in [0, 0.05) is 30.1 Å². The second-order valence-electron chi connectivity index (χ2n) is 6.78. The van der Waals surface area contributed by atoms with Crippen molar-refractivity contribution >= 4 is 56.4 Å². The molecule has 3 aromatic rings. The van der Waals surface area contributed by atoms with Crippen LogP contribution in [-0.4, -0.2) is 56.3 Å². The normalized spacial score (nSPS) is 11.3. The third-order valence-corrected chi connectivity index (χ3v) is 6.10. The SMILES string of the molecule is COc1cc2c(Nc3ccc(Cl)cc3F)ncnc2cc1OCCCN(C)S(C)(=O)=O.Cl. The number of nitrogens with zero attached hydrogens (tertiary/aromatic N) is 3. The molecule has 0 atom stereocenters. The molecule has 0 aliphatic heterocycles. The zero-order valence-corrected chi connectivity index (χ0v) is 20.0. The Morgan fingerprint density at radius 2 is 1.94 bits per heavy atom. The van der Waals surface area contributed by atoms with Crippen LogP contribution < -0.4 is 14.8 Å². The molecule has 0 fully saturated rings. The molecule has 174 valence electrons. The first-order valence-corrected chi connectivity index (χ1v) is 11.5. The Hall–Kier alpha value is -2.40. The van der Waals surface area contributed by atoms with Crippen LogP contribution in [0.3, 0.4) is 0 Å². The van der Waals surface area contributed by atoms with Crippen molar-refractivity contribution in [2.75, 3.05) is 38.9 Å². The van der Waals surface area contributed by atoms with Crippen molar-refractivity contribution in [2.45, 2.75) is 6.42 Å². The molecule has 0 aliphatic rings. The fourth-order valence-corrected chi connectivity index (χ4v) is 3.41. The van der Waals surface area contributed by atoms with E-state index in [2.05, 4.69) is 15.3 Å². The molecule has 0 saturated carbocycles. The number of hydrogen-bond acceptors (Lipinski definition) is 7. The van der Waals surface area contributed by atoms with Crippen molar-refractivity contribution in [3.8, 4) is 11.5 Å². The smallest absolute Gasteiger partial charge is 0.210 e. The number of benzene rings is 2. The predicted molar refractivity (Wildman–Crippen MR) is 126 cm³/mol. The third-order valence-electron chi connectivity index (χ3n) is 4.55. The van der Waals surface area contributed by atoms with Gasteiger partial charge in [-0.25, -0.2) is 27.1 Å². The highest BCUT2D eigenvalue weighted by molar-refractivity contribution is 7.88. The highest BCUT2D eigenvalue weighted by Crippen LogP contribution is 2.35. The van der Waals surface area contributed by atoms with Crippen molar-refractivity contribution in [3.63, 3.8) is 0 Å². The van der Waals surface area contributed by atoms with Gasteiger partial charge in [0.05, 0.1) is 31.2 Å². The Morgan fingerprint density at radius 3 is 2.59 bits per heavy atom. The van der Waals surface area contributed by atoms with E-state index in [9.17, 15) is 12.8 Å². The maximum atomic E-state index is 14.2. The van der Waals surface area contributed by atoms with Crippen LogP contribution in [-0.2, 0) is 10.0 Å². The Balaban J connectivity index is 0.00000363. The summed E-state index contributed by atoms with van der Waals surface area (Å²) in [5.41, 5.74) is 0.787. The van der Waals surface area contributed by atoms with Gasteiger partial charge in [0.2, 0.25) is 10.0 Å². The lowest BCUT2D eigenvalue weighted by molar-refractivity contribution is 0.280. The molecule has 1 heterocycles. The molecule has 0 radical (unpaired) electrons. The number of sulfonamides is 1. The zero-order valence-electron chi connectivity index (χ0n) is 17.6. The summed E-state index contributed by atoms with van der Waals surface area (Å²) in [5, 5.41) is 3.85. The molecule has 8 nitrogen and oxygen atoms in total. The fraction of sp³-hybridized carbons (Fsp3) is 0.300. The van der Waals surface area contributed by atoms with Gasteiger partial charge < -0.3 is 14.8 Å². The Morgan fingerprint density at radius 1 is 1.19 bits per heavy atom. The Kier molecular flexibility index (Phi) is 8.85. The molecule has 2 aromatic carbocycles. The van der Waals surface area contributed by atoms with E-state index in [1.165, 1.54) is 36.9 Å². The summed E-state index contributed by atoms with van der Waals surface area (Å²) < 4.78 is 49.6. The minimum atomic E-state index is -3.23. The molecule has 1 aromatic heterocycles. The summed E-state index contributed by atoms with van der Waals surface area (Å²) in [6, 6.07) is 7.70. The molecule has 0 bridgehead atoms. The van der Waals surface area contributed by atoms with E-state index in [4.69, 9.17) is 21.1 Å². The van der Waals surface area contributed by atoms with Gasteiger partial charge in [-0.3, -0.25) is 0 Å². The van der Waals surface area contributed by atoms with Gasteiger partial charge >= 0.3 is 0 Å². The minimum Gasteiger partial charge on any atom is -0.493 e. The van der Waals surface area contributed by atoms with Gasteiger partial charge in [0.15, 0.2) is 11.5 Å². The molecule has 0 amide bonds. The standard InChI is InChI=1S/C20H22ClFN4O4S.ClH/c1-26(31(3,27)28)7-4-8-30-19-11-17-14(10-18(19)29-2)20(24-12-23-17)25-16-6-5-13(21)9-15(16)22;/h5-6,9-12H,4,7-8H2,1-3H3,(H,23,24,25);1H. The number of anilines is 2. The Labute approximate surface area is 197 Å². The van der Waals surface area contributed by atoms with Crippen LogP contribution in [0.25, 0.3) is 10.9 Å². The fourth-order valence-electron chi connectivity index (χ4n) is 2.79. The lowest BCUT2D eigenvalue weighted by atomic mass is 10.2. The summed E-state index contributed by atoms with van der Waals surface area (Å²) in [7, 11) is -0.215. The van der Waals surface area contributed by atoms with E-state index in [-0.39, 0.29) is 24.7 Å². The summed E-state index contributed by atoms with van der Waals surface area (Å²) in [6.07, 6.45) is 3.01. The summed E-state index contributed by atoms with van der Waals surface area (Å²) in [5.74, 6) is 0.786. The number of ether oxygens (including phenoxy) is 2. The number of nitrogens with one attached hydrogen (secondary N) is 1. The van der Waals surface area contributed by atoms with Gasteiger partial charge in [-0.2, -0.15) is 0 Å². The number of methoxy groups -OCH3 is 1. The van der Waals surface area contributed by atoms with Crippen molar-refractivity contribution in [1.29, 1.82) is 0 Å². The van der Waals surface area contributed by atoms with Crippen LogP contribution in [0.1, 0.15) is 6.42 Å². The van der Waals surface area contributed by atoms with Crippen LogP contribution in [0.4, 0.5) is 15.9 Å². The van der Waals surface area contributed by atoms with Crippen LogP contribution in [0.5, 0.6) is 11.5 Å². The van der Waals surface area contributed by atoms with Gasteiger partial charge in [-0.1, -0.05) is 11.6 Å². The lowest BCUT2D eigenvalue weighted by Gasteiger charge is -2.16. The van der Waals surface area contributed by atoms with Crippen molar-refractivity contribution < 1.29 is 22.3 Å². The van der Waals surface area contributed by atoms with Crippen LogP contribution >= 0.6 is 24.0 Å². The van der Waals surface area contributed by atoms with E-state index in [0.717, 1.165) is 6.26 Å². The van der Waals surface area contributed by atoms with Gasteiger partial charge in [0.1, 0.15) is 18.0 Å². The second kappa shape index (κ2) is 11.0. The molecule has 0 aliphatic carbocycles. The molecule has 3 rings (SSSR count). The molecule has 0 saturated heterocycles. The summed E-state index contributed by atoms with van der Waals surface area (Å²) >= 11 is 5.81. The minimum absolute atomic E-state index is 0. The molecule has 0 spiro atoms. The number of rotatable bonds is 9. The summed E-state index contributed by atoms with van der Waals surface area (Å²) in [4.78, 5) is 8.46. The van der Waals surface area contributed by atoms with Crippen LogP contribution in [0, 0.1) is 5.82 Å². The monoisotopic (exact) mass is 504 g/mol. The first kappa shape index (κ1) is 25.9. The predicted octanol–water partition coefficient (Wildman–Crippen LogP) is 4.26. The topological polar surface area (TPSA) is 93.7 Å².